The Bertz CT molecular complexity index is 412. The zero-order valence-corrected chi connectivity index (χ0v) is 8.77. The fourth-order valence-corrected chi connectivity index (χ4v) is 2.03. The average molecular weight is 200 g/mol. The average Bonchev–Trinajstić information content (AvgIpc) is 2.27. The summed E-state index contributed by atoms with van der Waals surface area (Å²) in [5.41, 5.74) is 3.10. The third-order valence-electron chi connectivity index (χ3n) is 2.92. The SMILES string of the molecule is [C-]#[N+]c1cccc2c1CCN(B(C)O)C2. The van der Waals surface area contributed by atoms with Crippen LogP contribution in [0.25, 0.3) is 4.85 Å². The maximum Gasteiger partial charge on any atom is 0.376 e. The van der Waals surface area contributed by atoms with Crippen molar-refractivity contribution in [3.63, 3.8) is 0 Å². The molecule has 0 spiro atoms. The molecule has 0 aliphatic carbocycles. The van der Waals surface area contributed by atoms with Gasteiger partial charge in [0.2, 0.25) is 0 Å². The molecule has 0 bridgehead atoms. The Hall–Kier alpha value is -1.31. The minimum atomic E-state index is -0.408. The van der Waals surface area contributed by atoms with Crippen LogP contribution in [0.1, 0.15) is 11.1 Å². The Labute approximate surface area is 90.3 Å². The van der Waals surface area contributed by atoms with Crippen molar-refractivity contribution >= 4 is 12.7 Å². The topological polar surface area (TPSA) is 27.8 Å². The highest BCUT2D eigenvalue weighted by Gasteiger charge is 2.23. The molecule has 0 atom stereocenters. The molecular weight excluding hydrogens is 187 g/mol. The maximum atomic E-state index is 9.49. The molecule has 1 aromatic carbocycles. The molecule has 1 aliphatic rings. The van der Waals surface area contributed by atoms with Crippen LogP contribution in [0, 0.1) is 6.57 Å². The smallest absolute Gasteiger partial charge is 0.376 e. The first-order chi connectivity index (χ1) is 7.22. The molecule has 2 rings (SSSR count). The summed E-state index contributed by atoms with van der Waals surface area (Å²) in [4.78, 5) is 5.53. The molecular formula is C11H13BN2O. The van der Waals surface area contributed by atoms with E-state index in [0.29, 0.717) is 0 Å². The molecule has 3 nitrogen and oxygen atoms in total. The third kappa shape index (κ3) is 1.89. The van der Waals surface area contributed by atoms with E-state index in [4.69, 9.17) is 6.57 Å². The summed E-state index contributed by atoms with van der Waals surface area (Å²) in [5, 5.41) is 9.49. The predicted molar refractivity (Wildman–Crippen MR) is 60.7 cm³/mol. The highest BCUT2D eigenvalue weighted by molar-refractivity contribution is 6.45. The molecule has 0 amide bonds. The van der Waals surface area contributed by atoms with Crippen molar-refractivity contribution in [1.82, 2.24) is 4.81 Å². The van der Waals surface area contributed by atoms with Crippen LogP contribution in [0.4, 0.5) is 5.69 Å². The number of rotatable bonds is 1. The Morgan fingerprint density at radius 2 is 2.33 bits per heavy atom. The Balaban J connectivity index is 2.32. The Morgan fingerprint density at radius 1 is 1.53 bits per heavy atom. The quantitative estimate of drug-likeness (QED) is 0.552. The summed E-state index contributed by atoms with van der Waals surface area (Å²) < 4.78 is 0. The Kier molecular flexibility index (Phi) is 2.76. The normalized spacial score (nSPS) is 15.5. The van der Waals surface area contributed by atoms with E-state index in [1.165, 1.54) is 5.56 Å². The van der Waals surface area contributed by atoms with Crippen molar-refractivity contribution in [3.05, 3.63) is 40.7 Å². The molecule has 0 saturated carbocycles. The molecule has 1 N–H and O–H groups in total. The van der Waals surface area contributed by atoms with Crippen LogP contribution in [-0.4, -0.2) is 23.4 Å². The van der Waals surface area contributed by atoms with Crippen LogP contribution in [0.3, 0.4) is 0 Å². The largest absolute Gasteiger partial charge is 0.437 e. The van der Waals surface area contributed by atoms with E-state index >= 15 is 0 Å². The van der Waals surface area contributed by atoms with Gasteiger partial charge >= 0.3 is 7.05 Å². The number of hydrogen-bond acceptors (Lipinski definition) is 2. The van der Waals surface area contributed by atoms with Crippen molar-refractivity contribution in [2.24, 2.45) is 0 Å². The molecule has 0 radical (unpaired) electrons. The van der Waals surface area contributed by atoms with Gasteiger partial charge in [0.15, 0.2) is 5.69 Å². The van der Waals surface area contributed by atoms with E-state index in [9.17, 15) is 5.02 Å². The first-order valence-electron chi connectivity index (χ1n) is 5.12. The molecule has 0 unspecified atom stereocenters. The second kappa shape index (κ2) is 4.05. The fraction of sp³-hybridized carbons (Fsp3) is 0.364. The van der Waals surface area contributed by atoms with E-state index in [0.717, 1.165) is 30.8 Å². The number of nitrogens with zero attached hydrogens (tertiary/aromatic N) is 2. The number of fused-ring (bicyclic) bond motifs is 1. The van der Waals surface area contributed by atoms with Crippen molar-refractivity contribution < 1.29 is 5.02 Å². The van der Waals surface area contributed by atoms with Gasteiger partial charge in [0.25, 0.3) is 0 Å². The summed E-state index contributed by atoms with van der Waals surface area (Å²) in [7, 11) is -0.408. The van der Waals surface area contributed by atoms with E-state index in [1.807, 2.05) is 23.0 Å². The standard InChI is InChI=1S/C11H13BN2O/c1-12(15)14-7-6-10-9(8-14)4-3-5-11(10)13-2/h3-5,15H,6-8H2,1H3. The lowest BCUT2D eigenvalue weighted by Gasteiger charge is -2.30. The maximum absolute atomic E-state index is 9.49. The van der Waals surface area contributed by atoms with Crippen molar-refractivity contribution in [3.8, 4) is 0 Å². The van der Waals surface area contributed by atoms with Gasteiger partial charge in [-0.05, 0) is 30.9 Å². The lowest BCUT2D eigenvalue weighted by Crippen LogP contribution is -2.40. The second-order valence-electron chi connectivity index (χ2n) is 3.88. The zero-order chi connectivity index (χ0) is 10.8. The minimum Gasteiger partial charge on any atom is -0.437 e. The van der Waals surface area contributed by atoms with Gasteiger partial charge in [-0.1, -0.05) is 18.2 Å². The third-order valence-corrected chi connectivity index (χ3v) is 2.92. The number of hydrogen-bond donors (Lipinski definition) is 1. The van der Waals surface area contributed by atoms with Gasteiger partial charge in [0.05, 0.1) is 6.57 Å². The van der Waals surface area contributed by atoms with E-state index in [2.05, 4.69) is 4.85 Å². The summed E-state index contributed by atoms with van der Waals surface area (Å²) in [6.45, 7) is 10.4. The van der Waals surface area contributed by atoms with Gasteiger partial charge in [0, 0.05) is 6.54 Å². The summed E-state index contributed by atoms with van der Waals surface area (Å²) in [5.74, 6) is 0. The van der Waals surface area contributed by atoms with Gasteiger partial charge in [0.1, 0.15) is 0 Å². The van der Waals surface area contributed by atoms with Gasteiger partial charge in [-0.25, -0.2) is 4.85 Å². The van der Waals surface area contributed by atoms with E-state index in [-0.39, 0.29) is 0 Å². The predicted octanol–water partition coefficient (Wildman–Crippen LogP) is 1.71. The molecule has 1 aromatic rings. The van der Waals surface area contributed by atoms with Gasteiger partial charge < -0.3 is 9.83 Å². The van der Waals surface area contributed by atoms with Crippen LogP contribution in [0.2, 0.25) is 6.82 Å². The Morgan fingerprint density at radius 3 is 3.00 bits per heavy atom. The molecule has 0 fully saturated rings. The highest BCUT2D eigenvalue weighted by atomic mass is 16.2. The van der Waals surface area contributed by atoms with Crippen molar-refractivity contribution in [2.75, 3.05) is 6.54 Å². The molecule has 1 heterocycles. The minimum absolute atomic E-state index is 0.408. The lowest BCUT2D eigenvalue weighted by molar-refractivity contribution is 0.347. The fourth-order valence-electron chi connectivity index (χ4n) is 2.03. The summed E-state index contributed by atoms with van der Waals surface area (Å²) in [6, 6.07) is 5.82. The van der Waals surface area contributed by atoms with Crippen molar-refractivity contribution in [2.45, 2.75) is 19.8 Å². The monoisotopic (exact) mass is 200 g/mol. The molecule has 76 valence electrons. The van der Waals surface area contributed by atoms with Crippen LogP contribution in [0.5, 0.6) is 0 Å². The lowest BCUT2D eigenvalue weighted by atomic mass is 9.81. The van der Waals surface area contributed by atoms with Crippen molar-refractivity contribution in [1.29, 1.82) is 0 Å². The zero-order valence-electron chi connectivity index (χ0n) is 8.77. The second-order valence-corrected chi connectivity index (χ2v) is 3.88. The molecule has 4 heteroatoms. The molecule has 0 aromatic heterocycles. The molecule has 15 heavy (non-hydrogen) atoms. The first-order valence-corrected chi connectivity index (χ1v) is 5.12. The molecule has 0 saturated heterocycles. The summed E-state index contributed by atoms with van der Waals surface area (Å²) >= 11 is 0. The summed E-state index contributed by atoms with van der Waals surface area (Å²) in [6.07, 6.45) is 0.860. The van der Waals surface area contributed by atoms with Gasteiger partial charge in [-0.2, -0.15) is 0 Å². The highest BCUT2D eigenvalue weighted by Crippen LogP contribution is 2.28. The van der Waals surface area contributed by atoms with Crippen LogP contribution >= 0.6 is 0 Å². The van der Waals surface area contributed by atoms with Crippen LogP contribution in [0.15, 0.2) is 18.2 Å². The van der Waals surface area contributed by atoms with Gasteiger partial charge in [-0.3, -0.25) is 0 Å². The van der Waals surface area contributed by atoms with Gasteiger partial charge in [-0.15, -0.1) is 0 Å². The van der Waals surface area contributed by atoms with E-state index < -0.39 is 7.05 Å². The van der Waals surface area contributed by atoms with Crippen LogP contribution < -0.4 is 0 Å². The molecule has 1 aliphatic heterocycles. The number of benzene rings is 1. The van der Waals surface area contributed by atoms with Crippen LogP contribution in [-0.2, 0) is 13.0 Å². The van der Waals surface area contributed by atoms with E-state index in [1.54, 1.807) is 6.82 Å². The first kappa shape index (κ1) is 10.2.